The molecule has 0 aliphatic rings. The van der Waals surface area contributed by atoms with Gasteiger partial charge in [-0.25, -0.2) is 0 Å². The van der Waals surface area contributed by atoms with Crippen molar-refractivity contribution in [1.82, 2.24) is 24.8 Å². The Bertz CT molecular complexity index is 854. The van der Waals surface area contributed by atoms with Crippen LogP contribution in [0.5, 0.6) is 0 Å². The summed E-state index contributed by atoms with van der Waals surface area (Å²) in [6.07, 6.45) is 0. The van der Waals surface area contributed by atoms with Gasteiger partial charge < -0.3 is 0 Å². The lowest BCUT2D eigenvalue weighted by Gasteiger charge is -2.10. The van der Waals surface area contributed by atoms with Crippen LogP contribution in [0.4, 0.5) is 0 Å². The van der Waals surface area contributed by atoms with E-state index < -0.39 is 0 Å². The summed E-state index contributed by atoms with van der Waals surface area (Å²) in [5, 5.41) is 13.2. The Morgan fingerprint density at radius 2 is 2.10 bits per heavy atom. The van der Waals surface area contributed by atoms with Crippen molar-refractivity contribution in [2.24, 2.45) is 0 Å². The number of hydrogen-bond donors (Lipinski definition) is 1. The second kappa shape index (κ2) is 5.33. The average Bonchev–Trinajstić information content (AvgIpc) is 2.82. The highest BCUT2D eigenvalue weighted by atomic mass is 32.2. The molecule has 1 atom stereocenters. The summed E-state index contributed by atoms with van der Waals surface area (Å²) in [6.45, 7) is 5.85. The second-order valence-corrected chi connectivity index (χ2v) is 6.24. The molecular weight excluding hydrogens is 286 g/mol. The van der Waals surface area contributed by atoms with Gasteiger partial charge in [0.2, 0.25) is 5.16 Å². The van der Waals surface area contributed by atoms with Crippen LogP contribution in [0.3, 0.4) is 0 Å². The quantitative estimate of drug-likeness (QED) is 0.751. The monoisotopic (exact) mass is 301 g/mol. The zero-order valence-corrected chi connectivity index (χ0v) is 12.8. The number of thioether (sulfide) groups is 1. The van der Waals surface area contributed by atoms with Crippen molar-refractivity contribution in [2.75, 3.05) is 0 Å². The van der Waals surface area contributed by atoms with Crippen molar-refractivity contribution in [3.05, 3.63) is 51.4 Å². The van der Waals surface area contributed by atoms with E-state index in [0.29, 0.717) is 16.6 Å². The molecule has 3 rings (SSSR count). The molecule has 3 aromatic rings. The van der Waals surface area contributed by atoms with E-state index in [1.54, 1.807) is 23.2 Å². The Morgan fingerprint density at radius 3 is 2.86 bits per heavy atom. The molecule has 21 heavy (non-hydrogen) atoms. The summed E-state index contributed by atoms with van der Waals surface area (Å²) in [5.74, 6) is 0.365. The van der Waals surface area contributed by atoms with Gasteiger partial charge in [-0.2, -0.15) is 9.61 Å². The van der Waals surface area contributed by atoms with Gasteiger partial charge in [0, 0.05) is 5.25 Å². The van der Waals surface area contributed by atoms with E-state index in [-0.39, 0.29) is 10.8 Å². The zero-order chi connectivity index (χ0) is 15.0. The maximum Gasteiger partial charge on any atom is 0.273 e. The Morgan fingerprint density at radius 1 is 1.29 bits per heavy atom. The molecule has 0 amide bonds. The first-order chi connectivity index (χ1) is 10.0. The van der Waals surface area contributed by atoms with Crippen molar-refractivity contribution >= 4 is 17.5 Å². The Labute approximate surface area is 125 Å². The highest BCUT2D eigenvalue weighted by Crippen LogP contribution is 2.33. The first-order valence-electron chi connectivity index (χ1n) is 6.60. The number of benzene rings is 1. The lowest BCUT2D eigenvalue weighted by Crippen LogP contribution is -2.15. The third kappa shape index (κ3) is 2.69. The van der Waals surface area contributed by atoms with Crippen molar-refractivity contribution in [1.29, 1.82) is 0 Å². The fourth-order valence-corrected chi connectivity index (χ4v) is 2.96. The number of nitrogens with one attached hydrogen (secondary N) is 1. The predicted octanol–water partition coefficient (Wildman–Crippen LogP) is 2.28. The highest BCUT2D eigenvalue weighted by molar-refractivity contribution is 7.99. The molecule has 7 heteroatoms. The first kappa shape index (κ1) is 13.8. The van der Waals surface area contributed by atoms with Gasteiger partial charge in [-0.1, -0.05) is 41.6 Å². The van der Waals surface area contributed by atoms with Crippen molar-refractivity contribution in [2.45, 2.75) is 31.2 Å². The topological polar surface area (TPSA) is 75.9 Å². The van der Waals surface area contributed by atoms with Crippen LogP contribution in [-0.2, 0) is 0 Å². The molecule has 0 bridgehead atoms. The van der Waals surface area contributed by atoms with Crippen LogP contribution < -0.4 is 5.56 Å². The summed E-state index contributed by atoms with van der Waals surface area (Å²) in [7, 11) is 0. The molecule has 0 saturated carbocycles. The average molecular weight is 301 g/mol. The third-order valence-corrected chi connectivity index (χ3v) is 4.30. The van der Waals surface area contributed by atoms with Crippen molar-refractivity contribution in [3.8, 4) is 0 Å². The Balaban J connectivity index is 1.95. The van der Waals surface area contributed by atoms with Gasteiger partial charge >= 0.3 is 0 Å². The molecule has 0 spiro atoms. The van der Waals surface area contributed by atoms with Crippen LogP contribution in [0.2, 0.25) is 0 Å². The maximum atomic E-state index is 11.5. The fourth-order valence-electron chi connectivity index (χ4n) is 2.04. The Kier molecular flexibility index (Phi) is 3.50. The van der Waals surface area contributed by atoms with E-state index in [0.717, 1.165) is 0 Å². The smallest absolute Gasteiger partial charge is 0.273 e. The van der Waals surface area contributed by atoms with Gasteiger partial charge in [0.25, 0.3) is 11.3 Å². The lowest BCUT2D eigenvalue weighted by molar-refractivity contribution is 0.767. The predicted molar refractivity (Wildman–Crippen MR) is 81.6 cm³/mol. The maximum absolute atomic E-state index is 11.5. The minimum absolute atomic E-state index is 0.214. The van der Waals surface area contributed by atoms with Crippen LogP contribution in [0.1, 0.15) is 29.0 Å². The Hall–Kier alpha value is -2.15. The van der Waals surface area contributed by atoms with E-state index in [1.807, 2.05) is 6.07 Å². The van der Waals surface area contributed by atoms with Crippen LogP contribution in [-0.4, -0.2) is 24.8 Å². The van der Waals surface area contributed by atoms with E-state index in [9.17, 15) is 4.79 Å². The SMILES string of the molecule is Cc1cccc([C@H](C)Sc2nnc3[nH]c(=O)c(C)nn23)c1. The van der Waals surface area contributed by atoms with E-state index in [2.05, 4.69) is 52.3 Å². The summed E-state index contributed by atoms with van der Waals surface area (Å²) in [6, 6.07) is 8.36. The zero-order valence-electron chi connectivity index (χ0n) is 12.0. The molecule has 2 heterocycles. The number of nitrogens with zero attached hydrogens (tertiary/aromatic N) is 4. The molecule has 6 nitrogen and oxygen atoms in total. The van der Waals surface area contributed by atoms with Gasteiger partial charge in [0.1, 0.15) is 5.69 Å². The van der Waals surface area contributed by atoms with Gasteiger partial charge in [0.15, 0.2) is 0 Å². The van der Waals surface area contributed by atoms with Crippen molar-refractivity contribution < 1.29 is 0 Å². The molecule has 0 unspecified atom stereocenters. The van der Waals surface area contributed by atoms with E-state index in [4.69, 9.17) is 0 Å². The highest BCUT2D eigenvalue weighted by Gasteiger charge is 2.14. The third-order valence-electron chi connectivity index (χ3n) is 3.21. The van der Waals surface area contributed by atoms with Crippen LogP contribution in [0, 0.1) is 13.8 Å². The second-order valence-electron chi connectivity index (χ2n) is 4.93. The molecule has 2 aromatic heterocycles. The molecule has 1 N–H and O–H groups in total. The minimum atomic E-state index is -0.238. The van der Waals surface area contributed by atoms with E-state index >= 15 is 0 Å². The van der Waals surface area contributed by atoms with Gasteiger partial charge in [0.05, 0.1) is 0 Å². The summed E-state index contributed by atoms with van der Waals surface area (Å²) in [5.41, 5.74) is 2.60. The minimum Gasteiger partial charge on any atom is -0.288 e. The van der Waals surface area contributed by atoms with Gasteiger partial charge in [-0.15, -0.1) is 10.2 Å². The first-order valence-corrected chi connectivity index (χ1v) is 7.48. The number of rotatable bonds is 3. The van der Waals surface area contributed by atoms with Crippen molar-refractivity contribution in [3.63, 3.8) is 0 Å². The fraction of sp³-hybridized carbons (Fsp3) is 0.286. The standard InChI is InChI=1S/C14H15N5OS/c1-8-5-4-6-11(7-8)10(3)21-14-17-16-13-15-12(20)9(2)18-19(13)14/h4-7,10H,1-3H3,(H,15,16,20)/t10-/m0/s1. The number of aromatic amines is 1. The van der Waals surface area contributed by atoms with Crippen LogP contribution in [0.25, 0.3) is 5.78 Å². The number of hydrogen-bond acceptors (Lipinski definition) is 5. The number of H-pyrrole nitrogens is 1. The summed E-state index contributed by atoms with van der Waals surface area (Å²) >= 11 is 1.56. The molecule has 108 valence electrons. The van der Waals surface area contributed by atoms with Gasteiger partial charge in [-0.3, -0.25) is 9.78 Å². The number of aryl methyl sites for hydroxylation is 2. The van der Waals surface area contributed by atoms with E-state index in [1.165, 1.54) is 11.1 Å². The molecule has 1 aromatic carbocycles. The van der Waals surface area contributed by atoms with Crippen LogP contribution >= 0.6 is 11.8 Å². The lowest BCUT2D eigenvalue weighted by atomic mass is 10.1. The molecule has 0 radical (unpaired) electrons. The normalized spacial score (nSPS) is 12.7. The molecular formula is C14H15N5OS. The number of fused-ring (bicyclic) bond motifs is 1. The molecule has 0 aliphatic heterocycles. The summed E-state index contributed by atoms with van der Waals surface area (Å²) in [4.78, 5) is 14.2. The molecule has 0 saturated heterocycles. The largest absolute Gasteiger partial charge is 0.288 e. The summed E-state index contributed by atoms with van der Waals surface area (Å²) < 4.78 is 1.58. The van der Waals surface area contributed by atoms with Gasteiger partial charge in [-0.05, 0) is 26.3 Å². The molecule has 0 aliphatic carbocycles. The molecule has 0 fully saturated rings. The van der Waals surface area contributed by atoms with Crippen LogP contribution in [0.15, 0.2) is 34.2 Å². The number of aromatic nitrogens is 5.